The lowest BCUT2D eigenvalue weighted by atomic mass is 9.88. The molecule has 0 aliphatic heterocycles. The molecule has 0 spiro atoms. The van der Waals surface area contributed by atoms with Gasteiger partial charge in [0.25, 0.3) is 0 Å². The summed E-state index contributed by atoms with van der Waals surface area (Å²) in [5, 5.41) is 15.9. The number of hydrogen-bond acceptors (Lipinski definition) is 18. The number of ether oxygens (including phenoxy) is 7. The fourth-order valence-corrected chi connectivity index (χ4v) is 9.66. The Bertz CT molecular complexity index is 2370. The van der Waals surface area contributed by atoms with Crippen molar-refractivity contribution in [2.24, 2.45) is 5.41 Å². The number of thioether (sulfide) groups is 2. The van der Waals surface area contributed by atoms with Gasteiger partial charge in [0.2, 0.25) is 6.41 Å². The van der Waals surface area contributed by atoms with E-state index in [0.717, 1.165) is 44.5 Å². The molecule has 2 aliphatic carbocycles. The number of benzene rings is 4. The normalized spacial score (nSPS) is 13.6. The van der Waals surface area contributed by atoms with Crippen molar-refractivity contribution in [3.8, 4) is 22.3 Å². The monoisotopic (exact) mass is 1050 g/mol. The number of aliphatic hydroxyl groups is 1. The summed E-state index contributed by atoms with van der Waals surface area (Å²) < 4.78 is 38.1. The van der Waals surface area contributed by atoms with Crippen molar-refractivity contribution in [1.82, 2.24) is 10.6 Å². The Hall–Kier alpha value is -5.57. The van der Waals surface area contributed by atoms with Crippen LogP contribution in [0.3, 0.4) is 0 Å². The van der Waals surface area contributed by atoms with Gasteiger partial charge in [0.15, 0.2) is 0 Å². The summed E-state index contributed by atoms with van der Waals surface area (Å²) in [5.41, 5.74) is 8.09. The number of rotatable bonds is 31. The predicted octanol–water partition coefficient (Wildman–Crippen LogP) is 6.90. The van der Waals surface area contributed by atoms with Crippen LogP contribution in [-0.2, 0) is 57.1 Å². The maximum atomic E-state index is 12.7. The van der Waals surface area contributed by atoms with Crippen molar-refractivity contribution in [3.63, 3.8) is 0 Å². The van der Waals surface area contributed by atoms with Crippen LogP contribution in [0.1, 0.15) is 66.7 Å². The van der Waals surface area contributed by atoms with Crippen LogP contribution in [0.5, 0.6) is 0 Å². The molecule has 2 aliphatic rings. The molecule has 2 unspecified atom stereocenters. The van der Waals surface area contributed by atoms with E-state index in [0.29, 0.717) is 18.6 Å². The fourth-order valence-electron chi connectivity index (χ4n) is 8.16. The zero-order valence-electron chi connectivity index (χ0n) is 40.2. The maximum absolute atomic E-state index is 12.7. The lowest BCUT2D eigenvalue weighted by Gasteiger charge is -2.31. The lowest BCUT2D eigenvalue weighted by molar-refractivity contribution is -0.159. The van der Waals surface area contributed by atoms with Crippen molar-refractivity contribution >= 4 is 72.1 Å². The molecule has 72 heavy (non-hydrogen) atoms. The molecule has 2 atom stereocenters. The molecule has 3 N–H and O–H groups in total. The van der Waals surface area contributed by atoms with Crippen LogP contribution in [0.15, 0.2) is 97.1 Å². The Morgan fingerprint density at radius 3 is 1.50 bits per heavy atom. The van der Waals surface area contributed by atoms with E-state index in [1.165, 1.54) is 23.5 Å². The maximum Gasteiger partial charge on any atom is 0.407 e. The zero-order valence-corrected chi connectivity index (χ0v) is 42.7. The molecule has 386 valence electrons. The summed E-state index contributed by atoms with van der Waals surface area (Å²) in [6, 6.07) is 32.4. The molecule has 4 aromatic rings. The molecule has 0 fully saturated rings. The molecule has 0 heterocycles. The smallest absolute Gasteiger partial charge is 0.407 e. The van der Waals surface area contributed by atoms with Crippen molar-refractivity contribution in [2.75, 3.05) is 88.1 Å². The van der Waals surface area contributed by atoms with Crippen molar-refractivity contribution in [2.45, 2.75) is 50.9 Å². The van der Waals surface area contributed by atoms with Gasteiger partial charge in [0, 0.05) is 36.4 Å². The molecular weight excluding hydrogens is 985 g/mol. The van der Waals surface area contributed by atoms with E-state index in [1.54, 1.807) is 6.92 Å². The molecule has 1 amide bonds. The van der Waals surface area contributed by atoms with Crippen molar-refractivity contribution in [3.05, 3.63) is 119 Å². The molecule has 0 aromatic heterocycles. The molecule has 0 radical (unpaired) electrons. The second-order valence-electron chi connectivity index (χ2n) is 17.0. The van der Waals surface area contributed by atoms with Crippen LogP contribution in [0, 0.1) is 5.41 Å². The zero-order chi connectivity index (χ0) is 51.1. The van der Waals surface area contributed by atoms with E-state index in [4.69, 9.17) is 33.2 Å². The van der Waals surface area contributed by atoms with Crippen LogP contribution in [0.2, 0.25) is 0 Å². The summed E-state index contributed by atoms with van der Waals surface area (Å²) in [6.45, 7) is 2.17. The highest BCUT2D eigenvalue weighted by Gasteiger charge is 2.35. The second-order valence-corrected chi connectivity index (χ2v) is 19.5. The third-order valence-electron chi connectivity index (χ3n) is 12.1. The van der Waals surface area contributed by atoms with E-state index in [2.05, 4.69) is 59.7 Å². The minimum absolute atomic E-state index is 0.00584. The van der Waals surface area contributed by atoms with Gasteiger partial charge in [-0.25, -0.2) is 4.79 Å². The van der Waals surface area contributed by atoms with Gasteiger partial charge in [-0.15, -0.1) is 23.5 Å². The molecule has 6 rings (SSSR count). The summed E-state index contributed by atoms with van der Waals surface area (Å²) >= 11 is 6.31. The molecule has 4 aromatic carbocycles. The number of carbonyl (C=O) groups excluding carboxylic acids is 6. The molecule has 19 heteroatoms. The van der Waals surface area contributed by atoms with Crippen LogP contribution in [0.4, 0.5) is 4.79 Å². The molecule has 0 bridgehead atoms. The molecule has 0 saturated heterocycles. The number of carbonyl (C=O) groups is 6. The third-order valence-corrected chi connectivity index (χ3v) is 14.2. The van der Waals surface area contributed by atoms with E-state index in [-0.39, 0.29) is 107 Å². The van der Waals surface area contributed by atoms with Gasteiger partial charge in [-0.05, 0) is 57.3 Å². The highest BCUT2D eigenvalue weighted by Crippen LogP contribution is 2.45. The van der Waals surface area contributed by atoms with Gasteiger partial charge < -0.3 is 43.6 Å². The average Bonchev–Trinajstić information content (AvgIpc) is 3.90. The van der Waals surface area contributed by atoms with Crippen molar-refractivity contribution in [1.29, 1.82) is 0 Å². The molecular formula is C53H62N2O14S3. The number of hydrogen-bond donors (Lipinski definition) is 4. The Balaban J connectivity index is 0.780. The third kappa shape index (κ3) is 16.7. The average molecular weight is 1050 g/mol. The van der Waals surface area contributed by atoms with Crippen molar-refractivity contribution < 1.29 is 67.0 Å². The first kappa shape index (κ1) is 55.7. The first-order chi connectivity index (χ1) is 35.0. The van der Waals surface area contributed by atoms with E-state index in [9.17, 15) is 33.9 Å². The molecule has 0 saturated carbocycles. The number of alkyl carbamates (subject to hydrolysis) is 1. The van der Waals surface area contributed by atoms with Gasteiger partial charge >= 0.3 is 35.9 Å². The van der Waals surface area contributed by atoms with Gasteiger partial charge in [0.1, 0.15) is 33.0 Å². The van der Waals surface area contributed by atoms with Crippen LogP contribution >= 0.6 is 36.2 Å². The van der Waals surface area contributed by atoms with Gasteiger partial charge in [-0.1, -0.05) is 104 Å². The summed E-state index contributed by atoms with van der Waals surface area (Å²) in [7, 11) is 0. The number of aliphatic hydroxyl groups excluding tert-OH is 1. The summed E-state index contributed by atoms with van der Waals surface area (Å²) in [6.07, 6.45) is -0.998. The highest BCUT2D eigenvalue weighted by molar-refractivity contribution is 8.00. The number of nitrogens with one attached hydrogen (secondary N) is 2. The van der Waals surface area contributed by atoms with E-state index < -0.39 is 47.8 Å². The Morgan fingerprint density at radius 1 is 0.583 bits per heavy atom. The Kier molecular flexibility index (Phi) is 22.6. The van der Waals surface area contributed by atoms with Gasteiger partial charge in [-0.3, -0.25) is 29.3 Å². The quantitative estimate of drug-likeness (QED) is 0.0133. The van der Waals surface area contributed by atoms with E-state index in [1.807, 2.05) is 60.7 Å². The van der Waals surface area contributed by atoms with Gasteiger partial charge in [0.05, 0.1) is 48.7 Å². The van der Waals surface area contributed by atoms with E-state index >= 15 is 0 Å². The lowest BCUT2D eigenvalue weighted by Crippen LogP contribution is -2.39. The second kappa shape index (κ2) is 29.2. The van der Waals surface area contributed by atoms with Crippen LogP contribution in [0.25, 0.3) is 22.3 Å². The SMILES string of the molecule is CCC(COC(=O)CS)(COC(=O)CSCCC(=O)OCCCNC(=O)OCC1c2ccccc2-c2ccccc21)COC(=O)CSCCC(=O)OCCNC(O)OCC1c2ccccc2-c2ccccc21. The minimum atomic E-state index is -1.26. The standard InChI is InChI=1S/C53H62N2O14S3/c1-2-53(33-67-48(58)30-70,35-69-50(60)32-72-27-21-47(57)64-25-23-55-52(62)66-29-45-42-18-9-5-14-38(42)39-15-6-10-19-43(39)45)34-68-49(59)31-71-26-20-46(56)63-24-11-22-54-51(61)65-28-44-40-16-7-3-12-36(40)37-13-4-8-17-41(37)44/h3-10,12-19,44-45,52,55,62,70H,2,11,20-35H2,1H3,(H,54,61). The largest absolute Gasteiger partial charge is 0.466 e. The highest BCUT2D eigenvalue weighted by atomic mass is 32.2. The van der Waals surface area contributed by atoms with Gasteiger partial charge in [-0.2, -0.15) is 12.6 Å². The Morgan fingerprint density at radius 2 is 1.03 bits per heavy atom. The topological polar surface area (TPSA) is 211 Å². The van der Waals surface area contributed by atoms with Crippen LogP contribution < -0.4 is 10.6 Å². The minimum Gasteiger partial charge on any atom is -0.466 e. The number of thiol groups is 1. The first-order valence-corrected chi connectivity index (χ1v) is 26.8. The fraction of sp³-hybridized carbons (Fsp3) is 0.434. The van der Waals surface area contributed by atoms with Crippen LogP contribution in [-0.4, -0.2) is 136 Å². The molecule has 16 nitrogen and oxygen atoms in total. The Labute approximate surface area is 433 Å². The predicted molar refractivity (Wildman–Crippen MR) is 277 cm³/mol. The number of esters is 5. The number of fused-ring (bicyclic) bond motifs is 6. The number of amides is 1. The first-order valence-electron chi connectivity index (χ1n) is 23.9. The summed E-state index contributed by atoms with van der Waals surface area (Å²) in [5.74, 6) is -2.45. The summed E-state index contributed by atoms with van der Waals surface area (Å²) in [4.78, 5) is 74.4.